The number of quaternary nitrogens is 1. The minimum Gasteiger partial charge on any atom is -0.491 e. The van der Waals surface area contributed by atoms with Crippen molar-refractivity contribution in [1.82, 2.24) is 0 Å². The van der Waals surface area contributed by atoms with Crippen LogP contribution in [0.5, 0.6) is 5.75 Å². The quantitative estimate of drug-likeness (QED) is 0.851. The highest BCUT2D eigenvalue weighted by molar-refractivity contribution is 5.26. The van der Waals surface area contributed by atoms with Crippen LogP contribution >= 0.6 is 0 Å². The zero-order valence-corrected chi connectivity index (χ0v) is 12.9. The first kappa shape index (κ1) is 15.3. The fourth-order valence-corrected chi connectivity index (χ4v) is 3.31. The number of nitrogens with one attached hydrogen (secondary N) is 1. The summed E-state index contributed by atoms with van der Waals surface area (Å²) >= 11 is 0. The summed E-state index contributed by atoms with van der Waals surface area (Å²) in [4.78, 5) is 1.51. The molecule has 0 amide bonds. The number of hydrogen-bond donors (Lipinski definition) is 2. The van der Waals surface area contributed by atoms with E-state index in [1.54, 1.807) is 0 Å². The van der Waals surface area contributed by atoms with Gasteiger partial charge in [0, 0.05) is 11.8 Å². The Morgan fingerprint density at radius 2 is 1.80 bits per heavy atom. The van der Waals surface area contributed by atoms with E-state index < -0.39 is 0 Å². The van der Waals surface area contributed by atoms with Crippen molar-refractivity contribution >= 4 is 0 Å². The molecule has 0 radical (unpaired) electrons. The molecule has 0 aromatic heterocycles. The molecule has 3 heteroatoms. The molecule has 1 unspecified atom stereocenters. The third-order valence-electron chi connectivity index (χ3n) is 4.07. The van der Waals surface area contributed by atoms with Crippen LogP contribution in [0.15, 0.2) is 24.3 Å². The second-order valence-electron chi connectivity index (χ2n) is 6.59. The molecule has 1 aliphatic heterocycles. The molecular formula is C17H28NO2+. The van der Waals surface area contributed by atoms with Crippen molar-refractivity contribution in [3.63, 3.8) is 0 Å². The van der Waals surface area contributed by atoms with E-state index >= 15 is 0 Å². The lowest BCUT2D eigenvalue weighted by molar-refractivity contribution is -0.915. The average molecular weight is 278 g/mol. The Bertz CT molecular complexity index is 394. The summed E-state index contributed by atoms with van der Waals surface area (Å²) in [5, 5.41) is 10.1. The fraction of sp³-hybridized carbons (Fsp3) is 0.647. The number of ether oxygens (including phenoxy) is 1. The standard InChI is InChI=1S/C17H27NO2/c1-13-4-6-17(7-5-13)20-12-16(19)11-18-9-14(2)8-15(3)10-18/h4-7,14-16,19H,8-12H2,1-3H3/p+1/t14-,15+,16-/m1/s1. The van der Waals surface area contributed by atoms with Gasteiger partial charge in [0.25, 0.3) is 0 Å². The number of aliphatic hydroxyl groups is 1. The van der Waals surface area contributed by atoms with Crippen LogP contribution in [0.1, 0.15) is 25.8 Å². The van der Waals surface area contributed by atoms with Crippen molar-refractivity contribution in [2.75, 3.05) is 26.2 Å². The molecule has 2 N–H and O–H groups in total. The van der Waals surface area contributed by atoms with Gasteiger partial charge >= 0.3 is 0 Å². The first-order valence-electron chi connectivity index (χ1n) is 7.74. The Hall–Kier alpha value is -1.06. The van der Waals surface area contributed by atoms with Gasteiger partial charge in [0.1, 0.15) is 25.0 Å². The lowest BCUT2D eigenvalue weighted by Crippen LogP contribution is -3.15. The lowest BCUT2D eigenvalue weighted by Gasteiger charge is -2.33. The fourth-order valence-electron chi connectivity index (χ4n) is 3.31. The SMILES string of the molecule is Cc1ccc(OC[C@H](O)C[NH+]2C[C@H](C)C[C@H](C)C2)cc1. The maximum absolute atomic E-state index is 10.1. The van der Waals surface area contributed by atoms with Gasteiger partial charge < -0.3 is 14.7 Å². The minimum absolute atomic E-state index is 0.384. The van der Waals surface area contributed by atoms with E-state index in [4.69, 9.17) is 4.74 Å². The number of benzene rings is 1. The van der Waals surface area contributed by atoms with Crippen LogP contribution in [0.25, 0.3) is 0 Å². The molecule has 112 valence electrons. The molecule has 1 fully saturated rings. The molecule has 1 aromatic carbocycles. The van der Waals surface area contributed by atoms with Crippen LogP contribution in [0.2, 0.25) is 0 Å². The maximum atomic E-state index is 10.1. The van der Waals surface area contributed by atoms with E-state index in [0.29, 0.717) is 6.61 Å². The molecule has 1 saturated heterocycles. The predicted molar refractivity (Wildman–Crippen MR) is 81.2 cm³/mol. The largest absolute Gasteiger partial charge is 0.491 e. The minimum atomic E-state index is -0.385. The van der Waals surface area contributed by atoms with Crippen molar-refractivity contribution in [3.05, 3.63) is 29.8 Å². The van der Waals surface area contributed by atoms with Crippen LogP contribution in [0, 0.1) is 18.8 Å². The molecular weight excluding hydrogens is 250 g/mol. The molecule has 1 heterocycles. The smallest absolute Gasteiger partial charge is 0.137 e. The summed E-state index contributed by atoms with van der Waals surface area (Å²) < 4.78 is 5.65. The molecule has 1 aromatic rings. The van der Waals surface area contributed by atoms with E-state index in [1.807, 2.05) is 24.3 Å². The zero-order chi connectivity index (χ0) is 14.5. The number of aryl methyl sites for hydroxylation is 1. The van der Waals surface area contributed by atoms with Crippen LogP contribution < -0.4 is 9.64 Å². The Balaban J connectivity index is 1.74. The molecule has 3 nitrogen and oxygen atoms in total. The predicted octanol–water partition coefficient (Wildman–Crippen LogP) is 1.30. The van der Waals surface area contributed by atoms with E-state index in [2.05, 4.69) is 20.8 Å². The van der Waals surface area contributed by atoms with Crippen LogP contribution in [0.4, 0.5) is 0 Å². The molecule has 20 heavy (non-hydrogen) atoms. The van der Waals surface area contributed by atoms with Crippen molar-refractivity contribution in [2.45, 2.75) is 33.3 Å². The van der Waals surface area contributed by atoms with Crippen LogP contribution in [-0.2, 0) is 0 Å². The molecule has 0 saturated carbocycles. The summed E-state index contributed by atoms with van der Waals surface area (Å²) in [5.74, 6) is 2.36. The van der Waals surface area contributed by atoms with Crippen molar-refractivity contribution < 1.29 is 14.7 Å². The van der Waals surface area contributed by atoms with Crippen molar-refractivity contribution in [3.8, 4) is 5.75 Å². The monoisotopic (exact) mass is 278 g/mol. The third kappa shape index (κ3) is 4.80. The van der Waals surface area contributed by atoms with E-state index in [-0.39, 0.29) is 6.10 Å². The molecule has 0 aliphatic carbocycles. The lowest BCUT2D eigenvalue weighted by atomic mass is 9.92. The van der Waals surface area contributed by atoms with Gasteiger partial charge in [0.05, 0.1) is 13.1 Å². The number of likely N-dealkylation sites (tertiary alicyclic amines) is 1. The first-order chi connectivity index (χ1) is 9.52. The van der Waals surface area contributed by atoms with E-state index in [0.717, 1.165) is 24.1 Å². The molecule has 0 bridgehead atoms. The van der Waals surface area contributed by atoms with Gasteiger partial charge in [-0.25, -0.2) is 0 Å². The van der Waals surface area contributed by atoms with Gasteiger partial charge in [0.2, 0.25) is 0 Å². The summed E-state index contributed by atoms with van der Waals surface area (Å²) in [6.45, 7) is 10.2. The van der Waals surface area contributed by atoms with Crippen LogP contribution in [0.3, 0.4) is 0 Å². The van der Waals surface area contributed by atoms with Gasteiger partial charge in [-0.15, -0.1) is 0 Å². The molecule has 2 rings (SSSR count). The average Bonchev–Trinajstić information content (AvgIpc) is 2.37. The summed E-state index contributed by atoms with van der Waals surface area (Å²) in [6, 6.07) is 7.97. The normalized spacial score (nSPS) is 28.1. The second-order valence-corrected chi connectivity index (χ2v) is 6.59. The Labute approximate surface area is 122 Å². The van der Waals surface area contributed by atoms with Gasteiger partial charge in [-0.2, -0.15) is 0 Å². The summed E-state index contributed by atoms with van der Waals surface area (Å²) in [5.41, 5.74) is 1.22. The number of aliphatic hydroxyl groups excluding tert-OH is 1. The maximum Gasteiger partial charge on any atom is 0.137 e. The summed E-state index contributed by atoms with van der Waals surface area (Å²) in [7, 11) is 0. The van der Waals surface area contributed by atoms with Gasteiger partial charge in [-0.05, 0) is 25.5 Å². The van der Waals surface area contributed by atoms with Crippen molar-refractivity contribution in [1.29, 1.82) is 0 Å². The highest BCUT2D eigenvalue weighted by Crippen LogP contribution is 2.13. The topological polar surface area (TPSA) is 33.9 Å². The highest BCUT2D eigenvalue weighted by atomic mass is 16.5. The van der Waals surface area contributed by atoms with Gasteiger partial charge in [-0.3, -0.25) is 0 Å². The van der Waals surface area contributed by atoms with Crippen LogP contribution in [-0.4, -0.2) is 37.5 Å². The molecule has 1 aliphatic rings. The molecule has 4 atom stereocenters. The van der Waals surface area contributed by atoms with E-state index in [9.17, 15) is 5.11 Å². The zero-order valence-electron chi connectivity index (χ0n) is 12.9. The summed E-state index contributed by atoms with van der Waals surface area (Å²) in [6.07, 6.45) is 0.934. The first-order valence-corrected chi connectivity index (χ1v) is 7.74. The Morgan fingerprint density at radius 3 is 2.40 bits per heavy atom. The van der Waals surface area contributed by atoms with Gasteiger partial charge in [0.15, 0.2) is 0 Å². The highest BCUT2D eigenvalue weighted by Gasteiger charge is 2.26. The van der Waals surface area contributed by atoms with Gasteiger partial charge in [-0.1, -0.05) is 31.5 Å². The van der Waals surface area contributed by atoms with E-state index in [1.165, 1.54) is 30.0 Å². The number of hydrogen-bond acceptors (Lipinski definition) is 2. The Kier molecular flexibility index (Phi) is 5.44. The Morgan fingerprint density at radius 1 is 1.20 bits per heavy atom. The molecule has 0 spiro atoms. The van der Waals surface area contributed by atoms with Crippen molar-refractivity contribution in [2.24, 2.45) is 11.8 Å². The second kappa shape index (κ2) is 7.09. The number of rotatable bonds is 5. The third-order valence-corrected chi connectivity index (χ3v) is 4.07. The number of piperidine rings is 1.